The van der Waals surface area contributed by atoms with Crippen LogP contribution in [0.15, 0.2) is 40.1 Å². The number of hydrogen-bond acceptors (Lipinski definition) is 3. The standard InChI is InChI=1S/C12H14N2O2/c15-12(11-7-4-8-16-11)14-13-9-10-5-2-1-3-6-10/h1-2,4,7-10H,3,5-6H2,(H,14,15). The van der Waals surface area contributed by atoms with E-state index in [-0.39, 0.29) is 11.7 Å². The molecule has 84 valence electrons. The van der Waals surface area contributed by atoms with Crippen LogP contribution >= 0.6 is 0 Å². The minimum Gasteiger partial charge on any atom is -0.459 e. The van der Waals surface area contributed by atoms with Crippen LogP contribution < -0.4 is 5.43 Å². The van der Waals surface area contributed by atoms with Crippen molar-refractivity contribution in [1.29, 1.82) is 0 Å². The lowest BCUT2D eigenvalue weighted by Gasteiger charge is -2.11. The number of nitrogens with zero attached hydrogens (tertiary/aromatic N) is 1. The summed E-state index contributed by atoms with van der Waals surface area (Å²) >= 11 is 0. The average Bonchev–Trinajstić information content (AvgIpc) is 2.84. The second-order valence-corrected chi connectivity index (χ2v) is 3.74. The number of rotatable bonds is 3. The Balaban J connectivity index is 1.80. The molecule has 0 saturated carbocycles. The van der Waals surface area contributed by atoms with Crippen LogP contribution in [0.2, 0.25) is 0 Å². The molecule has 1 heterocycles. The van der Waals surface area contributed by atoms with Gasteiger partial charge in [0, 0.05) is 6.21 Å². The van der Waals surface area contributed by atoms with Gasteiger partial charge in [-0.25, -0.2) is 5.43 Å². The van der Waals surface area contributed by atoms with Crippen molar-refractivity contribution in [2.24, 2.45) is 11.0 Å². The molecular weight excluding hydrogens is 204 g/mol. The van der Waals surface area contributed by atoms with Gasteiger partial charge in [0.25, 0.3) is 0 Å². The fraction of sp³-hybridized carbons (Fsp3) is 0.333. The summed E-state index contributed by atoms with van der Waals surface area (Å²) in [4.78, 5) is 11.4. The van der Waals surface area contributed by atoms with Crippen LogP contribution in [0.1, 0.15) is 29.8 Å². The van der Waals surface area contributed by atoms with Gasteiger partial charge >= 0.3 is 5.91 Å². The van der Waals surface area contributed by atoms with E-state index in [1.54, 1.807) is 18.3 Å². The Kier molecular flexibility index (Phi) is 3.53. The number of amides is 1. The summed E-state index contributed by atoms with van der Waals surface area (Å²) in [6.45, 7) is 0. The zero-order chi connectivity index (χ0) is 11.2. The van der Waals surface area contributed by atoms with Crippen molar-refractivity contribution in [3.05, 3.63) is 36.3 Å². The highest BCUT2D eigenvalue weighted by atomic mass is 16.3. The van der Waals surface area contributed by atoms with Crippen molar-refractivity contribution >= 4 is 12.1 Å². The van der Waals surface area contributed by atoms with Crippen molar-refractivity contribution in [2.45, 2.75) is 19.3 Å². The van der Waals surface area contributed by atoms with E-state index in [2.05, 4.69) is 22.7 Å². The van der Waals surface area contributed by atoms with Crippen molar-refractivity contribution in [1.82, 2.24) is 5.43 Å². The molecule has 1 aromatic rings. The summed E-state index contributed by atoms with van der Waals surface area (Å²) < 4.78 is 4.94. The van der Waals surface area contributed by atoms with Crippen LogP contribution in [-0.4, -0.2) is 12.1 Å². The molecule has 1 aromatic heterocycles. The molecule has 1 atom stereocenters. The van der Waals surface area contributed by atoms with Crippen LogP contribution in [0.25, 0.3) is 0 Å². The first-order chi connectivity index (χ1) is 7.86. The maximum absolute atomic E-state index is 11.4. The van der Waals surface area contributed by atoms with Crippen LogP contribution in [0.3, 0.4) is 0 Å². The largest absolute Gasteiger partial charge is 0.459 e. The molecule has 2 rings (SSSR count). The van der Waals surface area contributed by atoms with E-state index in [0.717, 1.165) is 19.3 Å². The molecule has 16 heavy (non-hydrogen) atoms. The number of carbonyl (C=O) groups is 1. The summed E-state index contributed by atoms with van der Waals surface area (Å²) in [6.07, 6.45) is 10.8. The highest BCUT2D eigenvalue weighted by Crippen LogP contribution is 2.15. The van der Waals surface area contributed by atoms with Crippen LogP contribution in [-0.2, 0) is 0 Å². The van der Waals surface area contributed by atoms with E-state index in [0.29, 0.717) is 5.92 Å². The van der Waals surface area contributed by atoms with Crippen LogP contribution in [0, 0.1) is 5.92 Å². The van der Waals surface area contributed by atoms with Crippen molar-refractivity contribution in [2.75, 3.05) is 0 Å². The topological polar surface area (TPSA) is 54.6 Å². The average molecular weight is 218 g/mol. The van der Waals surface area contributed by atoms with Gasteiger partial charge in [-0.05, 0) is 37.3 Å². The summed E-state index contributed by atoms with van der Waals surface area (Å²) in [5.74, 6) is 0.398. The Morgan fingerprint density at radius 2 is 2.50 bits per heavy atom. The molecule has 4 nitrogen and oxygen atoms in total. The number of allylic oxidation sites excluding steroid dienone is 2. The highest BCUT2D eigenvalue weighted by Gasteiger charge is 2.08. The molecule has 1 unspecified atom stereocenters. The molecule has 1 N–H and O–H groups in total. The normalized spacial score (nSPS) is 20.1. The number of hydrazone groups is 1. The fourth-order valence-corrected chi connectivity index (χ4v) is 1.62. The first kappa shape index (κ1) is 10.7. The summed E-state index contributed by atoms with van der Waals surface area (Å²) in [5.41, 5.74) is 2.45. The molecule has 1 aliphatic carbocycles. The van der Waals surface area contributed by atoms with Gasteiger partial charge in [0.15, 0.2) is 5.76 Å². The molecule has 1 amide bonds. The number of hydrogen-bond donors (Lipinski definition) is 1. The van der Waals surface area contributed by atoms with Crippen molar-refractivity contribution in [3.8, 4) is 0 Å². The summed E-state index contributed by atoms with van der Waals surface area (Å²) in [5, 5.41) is 3.93. The Morgan fingerprint density at radius 3 is 3.19 bits per heavy atom. The lowest BCUT2D eigenvalue weighted by Crippen LogP contribution is -2.18. The first-order valence-corrected chi connectivity index (χ1v) is 5.38. The van der Waals surface area contributed by atoms with Gasteiger partial charge in [-0.1, -0.05) is 12.2 Å². The Labute approximate surface area is 94.0 Å². The predicted molar refractivity (Wildman–Crippen MR) is 61.1 cm³/mol. The van der Waals surface area contributed by atoms with Crippen LogP contribution in [0.5, 0.6) is 0 Å². The second kappa shape index (κ2) is 5.30. The molecule has 0 bridgehead atoms. The SMILES string of the molecule is O=C(NN=CC1CC=CCC1)c1ccco1. The molecule has 0 saturated heterocycles. The Morgan fingerprint density at radius 1 is 1.56 bits per heavy atom. The predicted octanol–water partition coefficient (Wildman–Crippen LogP) is 2.35. The highest BCUT2D eigenvalue weighted by molar-refractivity contribution is 5.91. The van der Waals surface area contributed by atoms with Gasteiger partial charge in [0.2, 0.25) is 0 Å². The minimum atomic E-state index is -0.312. The Bertz CT molecular complexity index is 393. The van der Waals surface area contributed by atoms with Gasteiger partial charge in [0.1, 0.15) is 0 Å². The Hall–Kier alpha value is -1.84. The molecule has 0 radical (unpaired) electrons. The van der Waals surface area contributed by atoms with Gasteiger partial charge in [-0.15, -0.1) is 0 Å². The first-order valence-electron chi connectivity index (χ1n) is 5.38. The maximum Gasteiger partial charge on any atom is 0.307 e. The summed E-state index contributed by atoms with van der Waals surface area (Å²) in [7, 11) is 0. The molecule has 0 aromatic carbocycles. The summed E-state index contributed by atoms with van der Waals surface area (Å²) in [6, 6.07) is 3.28. The van der Waals surface area contributed by atoms with Crippen molar-refractivity contribution < 1.29 is 9.21 Å². The van der Waals surface area contributed by atoms with E-state index < -0.39 is 0 Å². The molecule has 1 aliphatic rings. The fourth-order valence-electron chi connectivity index (χ4n) is 1.62. The quantitative estimate of drug-likeness (QED) is 0.481. The van der Waals surface area contributed by atoms with Gasteiger partial charge < -0.3 is 4.42 Å². The van der Waals surface area contributed by atoms with E-state index in [1.807, 2.05) is 0 Å². The zero-order valence-electron chi connectivity index (χ0n) is 8.93. The second-order valence-electron chi connectivity index (χ2n) is 3.74. The lowest BCUT2D eigenvalue weighted by atomic mass is 9.96. The number of furan rings is 1. The van der Waals surface area contributed by atoms with Gasteiger partial charge in [-0.3, -0.25) is 4.79 Å². The lowest BCUT2D eigenvalue weighted by molar-refractivity contribution is 0.0927. The molecule has 0 fully saturated rings. The number of carbonyl (C=O) groups excluding carboxylic acids is 1. The third-order valence-corrected chi connectivity index (χ3v) is 2.51. The van der Waals surface area contributed by atoms with E-state index in [9.17, 15) is 4.79 Å². The maximum atomic E-state index is 11.4. The smallest absolute Gasteiger partial charge is 0.307 e. The third kappa shape index (κ3) is 2.82. The molecule has 0 spiro atoms. The monoisotopic (exact) mass is 218 g/mol. The van der Waals surface area contributed by atoms with Gasteiger partial charge in [-0.2, -0.15) is 5.10 Å². The van der Waals surface area contributed by atoms with Crippen LogP contribution in [0.4, 0.5) is 0 Å². The zero-order valence-corrected chi connectivity index (χ0v) is 8.93. The van der Waals surface area contributed by atoms with Crippen molar-refractivity contribution in [3.63, 3.8) is 0 Å². The van der Waals surface area contributed by atoms with E-state index in [4.69, 9.17) is 4.42 Å². The molecule has 0 aliphatic heterocycles. The van der Waals surface area contributed by atoms with Gasteiger partial charge in [0.05, 0.1) is 6.26 Å². The van der Waals surface area contributed by atoms with E-state index >= 15 is 0 Å². The third-order valence-electron chi connectivity index (χ3n) is 2.51. The van der Waals surface area contributed by atoms with E-state index in [1.165, 1.54) is 6.26 Å². The molecule has 4 heteroatoms. The number of nitrogens with one attached hydrogen (secondary N) is 1. The molecular formula is C12H14N2O2. The minimum absolute atomic E-state index is 0.278.